The molecule has 0 unspecified atom stereocenters. The van der Waals surface area contributed by atoms with Gasteiger partial charge in [0.2, 0.25) is 0 Å². The van der Waals surface area contributed by atoms with Crippen molar-refractivity contribution in [3.8, 4) is 0 Å². The fourth-order valence-electron chi connectivity index (χ4n) is 2.88. The largest absolute Gasteiger partial charge is 0.352 e. The summed E-state index contributed by atoms with van der Waals surface area (Å²) in [5, 5.41) is 0. The summed E-state index contributed by atoms with van der Waals surface area (Å²) in [6, 6.07) is 20.4. The van der Waals surface area contributed by atoms with Crippen LogP contribution in [0.1, 0.15) is 11.1 Å². The first-order valence-corrected chi connectivity index (χ1v) is 8.43. The van der Waals surface area contributed by atoms with Crippen LogP contribution in [-0.4, -0.2) is 11.2 Å². The molecule has 0 atom stereocenters. The normalized spacial score (nSPS) is 11.5. The van der Waals surface area contributed by atoms with Gasteiger partial charge in [-0.05, 0) is 11.1 Å². The minimum atomic E-state index is -0.710. The first-order chi connectivity index (χ1) is 12.1. The molecule has 0 aliphatic rings. The average molecular weight is 330 g/mol. The zero-order chi connectivity index (χ0) is 18.2. The maximum atomic E-state index is 6.56. The number of hydrogen-bond acceptors (Lipinski definition) is 1. The fraction of sp³-hybridized carbons (Fsp3) is 0.167. The molecule has 128 valence electrons. The summed E-state index contributed by atoms with van der Waals surface area (Å²) in [6.45, 7) is 16.0. The summed E-state index contributed by atoms with van der Waals surface area (Å²) in [7, 11) is 0. The van der Waals surface area contributed by atoms with Gasteiger partial charge >= 0.3 is 0 Å². The van der Waals surface area contributed by atoms with Crippen LogP contribution < -0.4 is 0 Å². The van der Waals surface area contributed by atoms with Crippen molar-refractivity contribution in [3.05, 3.63) is 122 Å². The lowest BCUT2D eigenvalue weighted by Gasteiger charge is -2.38. The van der Waals surface area contributed by atoms with Gasteiger partial charge in [-0.25, -0.2) is 0 Å². The van der Waals surface area contributed by atoms with E-state index in [4.69, 9.17) is 4.74 Å². The zero-order valence-electron chi connectivity index (χ0n) is 14.7. The molecule has 0 saturated carbocycles. The highest BCUT2D eigenvalue weighted by atomic mass is 16.5. The number of benzene rings is 2. The lowest BCUT2D eigenvalue weighted by molar-refractivity contribution is -0.0541. The average Bonchev–Trinajstić information content (AvgIpc) is 2.68. The van der Waals surface area contributed by atoms with Crippen molar-refractivity contribution in [2.75, 3.05) is 0 Å². The Morgan fingerprint density at radius 1 is 0.600 bits per heavy atom. The summed E-state index contributed by atoms with van der Waals surface area (Å²) in [4.78, 5) is 0. The van der Waals surface area contributed by atoms with E-state index in [9.17, 15) is 0 Å². The first-order valence-electron chi connectivity index (χ1n) is 8.43. The molecule has 1 heteroatoms. The Kier molecular flexibility index (Phi) is 6.32. The summed E-state index contributed by atoms with van der Waals surface area (Å²) < 4.78 is 6.56. The van der Waals surface area contributed by atoms with Gasteiger partial charge in [0.05, 0.1) is 0 Å². The van der Waals surface area contributed by atoms with E-state index in [1.54, 1.807) is 24.3 Å². The second-order valence-electron chi connectivity index (χ2n) is 6.15. The van der Waals surface area contributed by atoms with Gasteiger partial charge in [0.25, 0.3) is 0 Å². The maximum absolute atomic E-state index is 6.56. The van der Waals surface area contributed by atoms with Crippen LogP contribution in [0.3, 0.4) is 0 Å². The van der Waals surface area contributed by atoms with Crippen LogP contribution in [0.4, 0.5) is 0 Å². The Bertz CT molecular complexity index is 633. The number of rotatable bonds is 10. The van der Waals surface area contributed by atoms with E-state index in [0.29, 0.717) is 12.8 Å². The van der Waals surface area contributed by atoms with Gasteiger partial charge in [0, 0.05) is 12.8 Å². The molecular formula is C24H26O. The van der Waals surface area contributed by atoms with Crippen molar-refractivity contribution in [1.82, 2.24) is 0 Å². The molecule has 0 aromatic heterocycles. The molecule has 1 nitrogen and oxygen atoms in total. The predicted octanol–water partition coefficient (Wildman–Crippen LogP) is 5.71. The molecule has 0 amide bonds. The van der Waals surface area contributed by atoms with Crippen LogP contribution in [0.15, 0.2) is 111 Å². The summed E-state index contributed by atoms with van der Waals surface area (Å²) >= 11 is 0. The molecule has 2 aromatic carbocycles. The molecule has 0 heterocycles. The fourth-order valence-corrected chi connectivity index (χ4v) is 2.88. The molecule has 0 aliphatic carbocycles. The van der Waals surface area contributed by atoms with Crippen LogP contribution in [0.5, 0.6) is 0 Å². The van der Waals surface area contributed by atoms with E-state index in [0.717, 1.165) is 11.1 Å². The molecule has 25 heavy (non-hydrogen) atoms. The van der Waals surface area contributed by atoms with Crippen molar-refractivity contribution in [2.45, 2.75) is 24.0 Å². The van der Waals surface area contributed by atoms with Gasteiger partial charge in [-0.2, -0.15) is 0 Å². The van der Waals surface area contributed by atoms with Gasteiger partial charge < -0.3 is 4.74 Å². The van der Waals surface area contributed by atoms with Gasteiger partial charge in [0.15, 0.2) is 0 Å². The van der Waals surface area contributed by atoms with Crippen molar-refractivity contribution in [1.29, 1.82) is 0 Å². The first kappa shape index (κ1) is 18.7. The van der Waals surface area contributed by atoms with Crippen LogP contribution in [0.25, 0.3) is 0 Å². The molecule has 0 radical (unpaired) electrons. The van der Waals surface area contributed by atoms with Gasteiger partial charge in [-0.15, -0.1) is 0 Å². The lowest BCUT2D eigenvalue weighted by atomic mass is 9.89. The van der Waals surface area contributed by atoms with Crippen LogP contribution in [-0.2, 0) is 17.6 Å². The van der Waals surface area contributed by atoms with E-state index in [1.165, 1.54) is 0 Å². The Morgan fingerprint density at radius 2 is 0.920 bits per heavy atom. The van der Waals surface area contributed by atoms with Crippen molar-refractivity contribution < 1.29 is 4.74 Å². The molecule has 2 rings (SSSR count). The molecule has 0 spiro atoms. The van der Waals surface area contributed by atoms with Crippen molar-refractivity contribution >= 4 is 0 Å². The Morgan fingerprint density at radius 3 is 1.20 bits per heavy atom. The molecule has 0 bridgehead atoms. The molecule has 0 aliphatic heterocycles. The second kappa shape index (κ2) is 8.46. The summed E-state index contributed by atoms with van der Waals surface area (Å²) in [5.74, 6) is 0. The topological polar surface area (TPSA) is 9.23 Å². The Balaban J connectivity index is 2.32. The van der Waals surface area contributed by atoms with Gasteiger partial charge in [-0.1, -0.05) is 111 Å². The monoisotopic (exact) mass is 330 g/mol. The van der Waals surface area contributed by atoms with Crippen molar-refractivity contribution in [2.24, 2.45) is 0 Å². The Hall–Kier alpha value is -2.64. The SMILES string of the molecule is C=CC(C=C)(Cc1ccccc1)OC(C=C)(C=C)Cc1ccccc1. The third-order valence-electron chi connectivity index (χ3n) is 4.41. The highest BCUT2D eigenvalue weighted by Crippen LogP contribution is 2.31. The molecular weight excluding hydrogens is 304 g/mol. The van der Waals surface area contributed by atoms with E-state index < -0.39 is 11.2 Å². The Labute approximate surface area is 151 Å². The lowest BCUT2D eigenvalue weighted by Crippen LogP contribution is -2.42. The van der Waals surface area contributed by atoms with E-state index in [-0.39, 0.29) is 0 Å². The number of ether oxygens (including phenoxy) is 1. The van der Waals surface area contributed by atoms with E-state index in [1.807, 2.05) is 36.4 Å². The van der Waals surface area contributed by atoms with Crippen LogP contribution in [0.2, 0.25) is 0 Å². The smallest absolute Gasteiger partial charge is 0.109 e. The quantitative estimate of drug-likeness (QED) is 0.507. The summed E-state index contributed by atoms with van der Waals surface area (Å²) in [5.41, 5.74) is 0.893. The van der Waals surface area contributed by atoms with Crippen LogP contribution >= 0.6 is 0 Å². The third kappa shape index (κ3) is 4.68. The molecule has 0 saturated heterocycles. The highest BCUT2D eigenvalue weighted by molar-refractivity contribution is 5.28. The molecule has 0 fully saturated rings. The second-order valence-corrected chi connectivity index (χ2v) is 6.15. The molecule has 0 N–H and O–H groups in total. The highest BCUT2D eigenvalue weighted by Gasteiger charge is 2.35. The standard InChI is InChI=1S/C24H26O/c1-5-23(6-2,19-21-15-11-9-12-16-21)25-24(7-3,8-4)20-22-17-13-10-14-18-22/h5-18H,1-4,19-20H2. The minimum absolute atomic E-state index is 0.652. The van der Waals surface area contributed by atoms with E-state index >= 15 is 0 Å². The predicted molar refractivity (Wildman–Crippen MR) is 108 cm³/mol. The maximum Gasteiger partial charge on any atom is 0.109 e. The molecule has 2 aromatic rings. The summed E-state index contributed by atoms with van der Waals surface area (Å²) in [6.07, 6.45) is 8.52. The van der Waals surface area contributed by atoms with Gasteiger partial charge in [-0.3, -0.25) is 0 Å². The number of hydrogen-bond donors (Lipinski definition) is 0. The zero-order valence-corrected chi connectivity index (χ0v) is 14.7. The van der Waals surface area contributed by atoms with E-state index in [2.05, 4.69) is 50.6 Å². The van der Waals surface area contributed by atoms with Gasteiger partial charge in [0.1, 0.15) is 11.2 Å². The van der Waals surface area contributed by atoms with Crippen LogP contribution in [0, 0.1) is 0 Å². The minimum Gasteiger partial charge on any atom is -0.352 e. The van der Waals surface area contributed by atoms with Crippen molar-refractivity contribution in [3.63, 3.8) is 0 Å². The third-order valence-corrected chi connectivity index (χ3v) is 4.41.